The molecule has 1 aromatic rings. The van der Waals surface area contributed by atoms with Crippen molar-refractivity contribution in [3.05, 3.63) is 35.4 Å². The highest BCUT2D eigenvalue weighted by Gasteiger charge is 2.26. The highest BCUT2D eigenvalue weighted by Crippen LogP contribution is 2.26. The van der Waals surface area contributed by atoms with Crippen molar-refractivity contribution in [2.75, 3.05) is 6.61 Å². The van der Waals surface area contributed by atoms with Crippen molar-refractivity contribution in [3.63, 3.8) is 0 Å². The number of nitrogens with one attached hydrogen (secondary N) is 1. The van der Waals surface area contributed by atoms with Crippen LogP contribution in [0.5, 0.6) is 0 Å². The van der Waals surface area contributed by atoms with Gasteiger partial charge < -0.3 is 4.74 Å². The van der Waals surface area contributed by atoms with Gasteiger partial charge in [-0.15, -0.1) is 0 Å². The van der Waals surface area contributed by atoms with Gasteiger partial charge in [0.15, 0.2) is 0 Å². The minimum Gasteiger partial charge on any atom is -0.376 e. The molecule has 16 heavy (non-hydrogen) atoms. The molecule has 1 fully saturated rings. The lowest BCUT2D eigenvalue weighted by molar-refractivity contribution is 0.0783. The molecular formula is C13H20N2O. The van der Waals surface area contributed by atoms with Gasteiger partial charge in [0.2, 0.25) is 0 Å². The average Bonchev–Trinajstić information content (AvgIpc) is 2.84. The molecule has 0 spiro atoms. The number of hydrogen-bond acceptors (Lipinski definition) is 3. The summed E-state index contributed by atoms with van der Waals surface area (Å²) in [6.45, 7) is 3.02. The number of rotatable bonds is 4. The first-order valence-corrected chi connectivity index (χ1v) is 6.01. The largest absolute Gasteiger partial charge is 0.376 e. The van der Waals surface area contributed by atoms with Gasteiger partial charge in [0.25, 0.3) is 0 Å². The second kappa shape index (κ2) is 5.43. The molecule has 0 aromatic heterocycles. The van der Waals surface area contributed by atoms with E-state index in [-0.39, 0.29) is 12.1 Å². The molecule has 0 radical (unpaired) electrons. The molecule has 2 rings (SSSR count). The fourth-order valence-electron chi connectivity index (χ4n) is 2.29. The number of aryl methyl sites for hydroxylation is 1. The molecule has 88 valence electrons. The van der Waals surface area contributed by atoms with E-state index in [0.29, 0.717) is 0 Å². The summed E-state index contributed by atoms with van der Waals surface area (Å²) in [7, 11) is 0. The summed E-state index contributed by atoms with van der Waals surface area (Å²) in [6.07, 6.45) is 3.50. The predicted molar refractivity (Wildman–Crippen MR) is 64.9 cm³/mol. The highest BCUT2D eigenvalue weighted by atomic mass is 16.5. The van der Waals surface area contributed by atoms with Gasteiger partial charge in [0.1, 0.15) is 0 Å². The third kappa shape index (κ3) is 2.43. The summed E-state index contributed by atoms with van der Waals surface area (Å²) in [5.41, 5.74) is 5.46. The van der Waals surface area contributed by atoms with Crippen molar-refractivity contribution in [2.45, 2.75) is 38.3 Å². The van der Waals surface area contributed by atoms with Crippen LogP contribution < -0.4 is 11.3 Å². The summed E-state index contributed by atoms with van der Waals surface area (Å²) in [5.74, 6) is 5.65. The maximum absolute atomic E-state index is 5.69. The molecule has 1 aliphatic heterocycles. The molecule has 0 bridgehead atoms. The molecule has 0 amide bonds. The Hall–Kier alpha value is -0.900. The zero-order valence-corrected chi connectivity index (χ0v) is 9.78. The average molecular weight is 220 g/mol. The van der Waals surface area contributed by atoms with Crippen LogP contribution in [0.3, 0.4) is 0 Å². The normalized spacial score (nSPS) is 22.2. The van der Waals surface area contributed by atoms with E-state index in [4.69, 9.17) is 10.6 Å². The monoisotopic (exact) mass is 220 g/mol. The van der Waals surface area contributed by atoms with E-state index in [1.165, 1.54) is 11.1 Å². The second-order valence-corrected chi connectivity index (χ2v) is 4.29. The Morgan fingerprint density at radius 1 is 1.56 bits per heavy atom. The Morgan fingerprint density at radius 2 is 2.44 bits per heavy atom. The molecule has 2 atom stereocenters. The number of nitrogens with two attached hydrogens (primary N) is 1. The molecule has 0 aliphatic carbocycles. The third-order valence-electron chi connectivity index (χ3n) is 3.23. The highest BCUT2D eigenvalue weighted by molar-refractivity contribution is 5.27. The van der Waals surface area contributed by atoms with Crippen molar-refractivity contribution in [1.82, 2.24) is 5.43 Å². The zero-order chi connectivity index (χ0) is 11.4. The Morgan fingerprint density at radius 3 is 3.06 bits per heavy atom. The summed E-state index contributed by atoms with van der Waals surface area (Å²) >= 11 is 0. The fourth-order valence-corrected chi connectivity index (χ4v) is 2.29. The molecule has 1 aliphatic rings. The first-order chi connectivity index (χ1) is 7.85. The first kappa shape index (κ1) is 11.6. The van der Waals surface area contributed by atoms with Crippen LogP contribution in [-0.4, -0.2) is 12.7 Å². The fraction of sp³-hybridized carbons (Fsp3) is 0.538. The molecule has 3 nitrogen and oxygen atoms in total. The molecule has 3 N–H and O–H groups in total. The molecule has 1 heterocycles. The third-order valence-corrected chi connectivity index (χ3v) is 3.23. The van der Waals surface area contributed by atoms with Gasteiger partial charge >= 0.3 is 0 Å². The Bertz CT molecular complexity index is 334. The van der Waals surface area contributed by atoms with E-state index >= 15 is 0 Å². The number of hydrazine groups is 1. The number of hydrogen-bond donors (Lipinski definition) is 2. The smallest absolute Gasteiger partial charge is 0.0783 e. The maximum Gasteiger partial charge on any atom is 0.0783 e. The molecule has 0 saturated carbocycles. The van der Waals surface area contributed by atoms with Crippen LogP contribution in [0.15, 0.2) is 24.3 Å². The standard InChI is InChI=1S/C13H20N2O/c1-2-10-5-3-6-11(9-10)13(15-14)12-7-4-8-16-12/h3,5-6,9,12-13,15H,2,4,7-8,14H2,1H3. The lowest BCUT2D eigenvalue weighted by Gasteiger charge is -2.22. The second-order valence-electron chi connectivity index (χ2n) is 4.29. The van der Waals surface area contributed by atoms with Crippen molar-refractivity contribution < 1.29 is 4.74 Å². The van der Waals surface area contributed by atoms with Crippen LogP contribution in [0.4, 0.5) is 0 Å². The van der Waals surface area contributed by atoms with E-state index in [2.05, 4.69) is 36.6 Å². The minimum atomic E-state index is 0.119. The van der Waals surface area contributed by atoms with Crippen molar-refractivity contribution in [2.24, 2.45) is 5.84 Å². The van der Waals surface area contributed by atoms with Crippen molar-refractivity contribution in [3.8, 4) is 0 Å². The topological polar surface area (TPSA) is 47.3 Å². The van der Waals surface area contributed by atoms with Gasteiger partial charge in [-0.05, 0) is 30.4 Å². The van der Waals surface area contributed by atoms with Gasteiger partial charge in [-0.1, -0.05) is 31.2 Å². The predicted octanol–water partition coefficient (Wildman–Crippen LogP) is 1.93. The Balaban J connectivity index is 2.18. The Kier molecular flexibility index (Phi) is 3.93. The van der Waals surface area contributed by atoms with Crippen LogP contribution >= 0.6 is 0 Å². The van der Waals surface area contributed by atoms with E-state index in [1.807, 2.05) is 0 Å². The van der Waals surface area contributed by atoms with Gasteiger partial charge in [0.05, 0.1) is 12.1 Å². The molecular weight excluding hydrogens is 200 g/mol. The molecule has 1 saturated heterocycles. The molecule has 1 aromatic carbocycles. The quantitative estimate of drug-likeness (QED) is 0.602. The minimum absolute atomic E-state index is 0.119. The van der Waals surface area contributed by atoms with Crippen molar-refractivity contribution in [1.29, 1.82) is 0 Å². The number of ether oxygens (including phenoxy) is 1. The van der Waals surface area contributed by atoms with Crippen LogP contribution in [0, 0.1) is 0 Å². The van der Waals surface area contributed by atoms with Crippen LogP contribution in [0.2, 0.25) is 0 Å². The summed E-state index contributed by atoms with van der Waals surface area (Å²) in [4.78, 5) is 0. The van der Waals surface area contributed by atoms with Crippen LogP contribution in [0.25, 0.3) is 0 Å². The van der Waals surface area contributed by atoms with Crippen LogP contribution in [0.1, 0.15) is 36.9 Å². The number of benzene rings is 1. The summed E-state index contributed by atoms with van der Waals surface area (Å²) in [6, 6.07) is 8.69. The van der Waals surface area contributed by atoms with Crippen LogP contribution in [-0.2, 0) is 11.2 Å². The zero-order valence-electron chi connectivity index (χ0n) is 9.78. The van der Waals surface area contributed by atoms with E-state index in [1.54, 1.807) is 0 Å². The van der Waals surface area contributed by atoms with E-state index < -0.39 is 0 Å². The molecule has 3 heteroatoms. The van der Waals surface area contributed by atoms with Crippen molar-refractivity contribution >= 4 is 0 Å². The van der Waals surface area contributed by atoms with E-state index in [9.17, 15) is 0 Å². The SMILES string of the molecule is CCc1cccc(C(NN)C2CCCO2)c1. The van der Waals surface area contributed by atoms with Gasteiger partial charge in [-0.25, -0.2) is 0 Å². The summed E-state index contributed by atoms with van der Waals surface area (Å²) < 4.78 is 5.69. The van der Waals surface area contributed by atoms with E-state index in [0.717, 1.165) is 25.9 Å². The first-order valence-electron chi connectivity index (χ1n) is 6.01. The lowest BCUT2D eigenvalue weighted by Crippen LogP contribution is -2.36. The van der Waals surface area contributed by atoms with Gasteiger partial charge in [-0.2, -0.15) is 0 Å². The maximum atomic E-state index is 5.69. The Labute approximate surface area is 97.0 Å². The molecule has 2 unspecified atom stereocenters. The van der Waals surface area contributed by atoms with Gasteiger partial charge in [-0.3, -0.25) is 11.3 Å². The van der Waals surface area contributed by atoms with Gasteiger partial charge in [0, 0.05) is 6.61 Å². The lowest BCUT2D eigenvalue weighted by atomic mass is 9.97. The summed E-state index contributed by atoms with van der Waals surface area (Å²) in [5, 5.41) is 0.